The number of nitrogens with zero attached hydrogens (tertiary/aromatic N) is 1. The van der Waals surface area contributed by atoms with Gasteiger partial charge in [-0.2, -0.15) is 0 Å². The molecule has 1 unspecified atom stereocenters. The number of carbonyl (C=O) groups excluding carboxylic acids is 1. The lowest BCUT2D eigenvalue weighted by Gasteiger charge is -2.26. The second-order valence-electron chi connectivity index (χ2n) is 6.11. The zero-order valence-electron chi connectivity index (χ0n) is 14.7. The van der Waals surface area contributed by atoms with Gasteiger partial charge in [-0.1, -0.05) is 36.4 Å². The molecule has 0 aliphatic carbocycles. The van der Waals surface area contributed by atoms with Crippen molar-refractivity contribution in [3.05, 3.63) is 59.7 Å². The Kier molecular flexibility index (Phi) is 5.43. The molecule has 0 spiro atoms. The Hall–Kier alpha value is -2.69. The average Bonchev–Trinajstić information content (AvgIpc) is 3.16. The van der Waals surface area contributed by atoms with Gasteiger partial charge in [-0.05, 0) is 36.1 Å². The Balaban J connectivity index is 1.70. The molecule has 25 heavy (non-hydrogen) atoms. The highest BCUT2D eigenvalue weighted by atomic mass is 16.5. The summed E-state index contributed by atoms with van der Waals surface area (Å²) in [5, 5.41) is 3.02. The van der Waals surface area contributed by atoms with Crippen molar-refractivity contribution in [2.75, 3.05) is 20.8 Å². The first-order valence-corrected chi connectivity index (χ1v) is 8.53. The molecule has 2 aromatic rings. The number of rotatable bonds is 5. The van der Waals surface area contributed by atoms with Gasteiger partial charge in [-0.25, -0.2) is 4.79 Å². The molecule has 1 heterocycles. The summed E-state index contributed by atoms with van der Waals surface area (Å²) in [5.41, 5.74) is 2.17. The lowest BCUT2D eigenvalue weighted by atomic mass is 10.0. The SMILES string of the molecule is COc1ccc(C2CCCN2C(=O)NCc2ccccc2)cc1OC. The molecule has 0 radical (unpaired) electrons. The van der Waals surface area contributed by atoms with Crippen LogP contribution in [0.4, 0.5) is 4.79 Å². The molecule has 132 valence electrons. The van der Waals surface area contributed by atoms with Crippen molar-refractivity contribution in [1.82, 2.24) is 10.2 Å². The number of nitrogens with one attached hydrogen (secondary N) is 1. The molecule has 1 fully saturated rings. The van der Waals surface area contributed by atoms with Crippen molar-refractivity contribution in [2.45, 2.75) is 25.4 Å². The standard InChI is InChI=1S/C20H24N2O3/c1-24-18-11-10-16(13-19(18)25-2)17-9-6-12-22(17)20(23)21-14-15-7-4-3-5-8-15/h3-5,7-8,10-11,13,17H,6,9,12,14H2,1-2H3,(H,21,23). The second kappa shape index (κ2) is 7.92. The monoisotopic (exact) mass is 340 g/mol. The number of likely N-dealkylation sites (tertiary alicyclic amines) is 1. The van der Waals surface area contributed by atoms with Crippen LogP contribution in [0.1, 0.15) is 30.0 Å². The van der Waals surface area contributed by atoms with Crippen molar-refractivity contribution in [1.29, 1.82) is 0 Å². The molecule has 2 aromatic carbocycles. The van der Waals surface area contributed by atoms with Gasteiger partial charge in [0.05, 0.1) is 20.3 Å². The van der Waals surface area contributed by atoms with Crippen LogP contribution in [0.25, 0.3) is 0 Å². The Bertz CT molecular complexity index is 718. The van der Waals surface area contributed by atoms with Crippen LogP contribution in [0.2, 0.25) is 0 Å². The van der Waals surface area contributed by atoms with Gasteiger partial charge >= 0.3 is 6.03 Å². The van der Waals surface area contributed by atoms with E-state index >= 15 is 0 Å². The number of methoxy groups -OCH3 is 2. The van der Waals surface area contributed by atoms with Crippen LogP contribution < -0.4 is 14.8 Å². The fourth-order valence-corrected chi connectivity index (χ4v) is 3.29. The molecule has 3 rings (SSSR count). The van der Waals surface area contributed by atoms with E-state index in [0.29, 0.717) is 18.0 Å². The van der Waals surface area contributed by atoms with Gasteiger partial charge in [0.2, 0.25) is 0 Å². The molecular formula is C20H24N2O3. The predicted octanol–water partition coefficient (Wildman–Crippen LogP) is 3.75. The minimum atomic E-state index is -0.0267. The van der Waals surface area contributed by atoms with Crippen LogP contribution in [-0.4, -0.2) is 31.7 Å². The van der Waals surface area contributed by atoms with Crippen molar-refractivity contribution >= 4 is 6.03 Å². The molecule has 1 aliphatic heterocycles. The van der Waals surface area contributed by atoms with E-state index in [9.17, 15) is 4.79 Å². The maximum absolute atomic E-state index is 12.6. The Labute approximate surface area is 148 Å². The lowest BCUT2D eigenvalue weighted by Crippen LogP contribution is -2.39. The minimum Gasteiger partial charge on any atom is -0.493 e. The number of carbonyl (C=O) groups is 1. The Morgan fingerprint density at radius 2 is 1.88 bits per heavy atom. The van der Waals surface area contributed by atoms with Crippen LogP contribution in [0.5, 0.6) is 11.5 Å². The third-order valence-corrected chi connectivity index (χ3v) is 4.59. The largest absolute Gasteiger partial charge is 0.493 e. The lowest BCUT2D eigenvalue weighted by molar-refractivity contribution is 0.192. The average molecular weight is 340 g/mol. The summed E-state index contributed by atoms with van der Waals surface area (Å²) in [6, 6.07) is 15.9. The molecular weight excluding hydrogens is 316 g/mol. The summed E-state index contributed by atoms with van der Waals surface area (Å²) < 4.78 is 10.7. The highest BCUT2D eigenvalue weighted by Gasteiger charge is 2.30. The number of amides is 2. The number of urea groups is 1. The summed E-state index contributed by atoms with van der Waals surface area (Å²) in [7, 11) is 3.25. The molecule has 0 bridgehead atoms. The topological polar surface area (TPSA) is 50.8 Å². The number of ether oxygens (including phenoxy) is 2. The maximum Gasteiger partial charge on any atom is 0.318 e. The zero-order chi connectivity index (χ0) is 17.6. The van der Waals surface area contributed by atoms with Crippen molar-refractivity contribution in [3.8, 4) is 11.5 Å². The first-order valence-electron chi connectivity index (χ1n) is 8.53. The summed E-state index contributed by atoms with van der Waals surface area (Å²) in [6.07, 6.45) is 1.95. The van der Waals surface area contributed by atoms with Gasteiger partial charge in [0, 0.05) is 13.1 Å². The quantitative estimate of drug-likeness (QED) is 0.902. The van der Waals surface area contributed by atoms with Gasteiger partial charge in [0.25, 0.3) is 0 Å². The Morgan fingerprint density at radius 3 is 2.60 bits per heavy atom. The fraction of sp³-hybridized carbons (Fsp3) is 0.350. The normalized spacial score (nSPS) is 16.6. The summed E-state index contributed by atoms with van der Waals surface area (Å²) in [4.78, 5) is 14.5. The molecule has 0 aromatic heterocycles. The summed E-state index contributed by atoms with van der Waals surface area (Å²) in [5.74, 6) is 1.39. The molecule has 1 aliphatic rings. The molecule has 2 amide bonds. The maximum atomic E-state index is 12.6. The van der Waals surface area contributed by atoms with Gasteiger partial charge in [0.1, 0.15) is 0 Å². The van der Waals surface area contributed by atoms with Gasteiger partial charge in [-0.3, -0.25) is 0 Å². The highest BCUT2D eigenvalue weighted by molar-refractivity contribution is 5.75. The second-order valence-corrected chi connectivity index (χ2v) is 6.11. The fourth-order valence-electron chi connectivity index (χ4n) is 3.29. The van der Waals surface area contributed by atoms with E-state index < -0.39 is 0 Å². The smallest absolute Gasteiger partial charge is 0.318 e. The van der Waals surface area contributed by atoms with Crippen molar-refractivity contribution in [3.63, 3.8) is 0 Å². The molecule has 5 nitrogen and oxygen atoms in total. The van der Waals surface area contributed by atoms with E-state index in [1.54, 1.807) is 14.2 Å². The minimum absolute atomic E-state index is 0.0267. The predicted molar refractivity (Wildman–Crippen MR) is 96.9 cm³/mol. The van der Waals surface area contributed by atoms with E-state index in [2.05, 4.69) is 5.32 Å². The third kappa shape index (κ3) is 3.87. The molecule has 1 N–H and O–H groups in total. The molecule has 1 atom stereocenters. The van der Waals surface area contributed by atoms with E-state index in [1.165, 1.54) is 0 Å². The summed E-state index contributed by atoms with van der Waals surface area (Å²) in [6.45, 7) is 1.30. The zero-order valence-corrected chi connectivity index (χ0v) is 14.7. The van der Waals surface area contributed by atoms with E-state index in [4.69, 9.17) is 9.47 Å². The number of benzene rings is 2. The van der Waals surface area contributed by atoms with Crippen LogP contribution in [0.3, 0.4) is 0 Å². The first-order chi connectivity index (χ1) is 12.2. The molecule has 0 saturated carbocycles. The number of hydrogen-bond acceptors (Lipinski definition) is 3. The van der Waals surface area contributed by atoms with Gasteiger partial charge in [-0.15, -0.1) is 0 Å². The van der Waals surface area contributed by atoms with E-state index in [0.717, 1.165) is 30.5 Å². The van der Waals surface area contributed by atoms with Crippen LogP contribution in [0, 0.1) is 0 Å². The van der Waals surface area contributed by atoms with Gasteiger partial charge in [0.15, 0.2) is 11.5 Å². The molecule has 5 heteroatoms. The van der Waals surface area contributed by atoms with Crippen LogP contribution in [0.15, 0.2) is 48.5 Å². The van der Waals surface area contributed by atoms with Gasteiger partial charge < -0.3 is 19.7 Å². The van der Waals surface area contributed by atoms with E-state index in [1.807, 2.05) is 53.4 Å². The van der Waals surface area contributed by atoms with Crippen molar-refractivity contribution in [2.24, 2.45) is 0 Å². The number of hydrogen-bond donors (Lipinski definition) is 1. The first kappa shape index (κ1) is 17.1. The molecule has 1 saturated heterocycles. The van der Waals surface area contributed by atoms with Crippen LogP contribution >= 0.6 is 0 Å². The highest BCUT2D eigenvalue weighted by Crippen LogP contribution is 2.36. The van der Waals surface area contributed by atoms with Crippen molar-refractivity contribution < 1.29 is 14.3 Å². The third-order valence-electron chi connectivity index (χ3n) is 4.59. The summed E-state index contributed by atoms with van der Waals surface area (Å²) >= 11 is 0. The van der Waals surface area contributed by atoms with Crippen LogP contribution in [-0.2, 0) is 6.54 Å². The van der Waals surface area contributed by atoms with E-state index in [-0.39, 0.29) is 12.1 Å². The Morgan fingerprint density at radius 1 is 1.12 bits per heavy atom.